The van der Waals surface area contributed by atoms with Crippen LogP contribution in [0.4, 0.5) is 10.1 Å². The number of anilines is 1. The van der Waals surface area contributed by atoms with Crippen molar-refractivity contribution in [3.63, 3.8) is 0 Å². The normalized spacial score (nSPS) is 16.7. The lowest BCUT2D eigenvalue weighted by Gasteiger charge is -2.34. The van der Waals surface area contributed by atoms with Crippen molar-refractivity contribution in [2.24, 2.45) is 9.98 Å². The zero-order chi connectivity index (χ0) is 48.3. The molecule has 1 atom stereocenters. The number of nitriles is 4. The van der Waals surface area contributed by atoms with Gasteiger partial charge in [0.15, 0.2) is 11.2 Å². The van der Waals surface area contributed by atoms with Crippen LogP contribution in [0.3, 0.4) is 0 Å². The minimum Gasteiger partial charge on any atom is -0.457 e. The average molecular weight is 989 g/mol. The number of nitrogens with one attached hydrogen (secondary N) is 1. The standard InChI is InChI=1S/C51H24N8O7S4/c52-19-27(20-53)33-29-15-7-9-17-31(29)38(60)36(33)56-49-58-45-42(69-49)35-41(67-45)43-40(66-51(35,47(62)64-23-25-11-3-1-4-12-25)48(63)65-24-26-13-5-2-6-14-26)44-46(68-43)59-50(70-44)57-37-34(28(21-54)22-55)30-16-8-10-18-32(30)39(37)61/h1-18,49,58H,23-24H2/b56-36-,57-37-. The fourth-order valence-electron chi connectivity index (χ4n) is 8.44. The number of hydrogen-bond acceptors (Lipinski definition) is 19. The van der Waals surface area contributed by atoms with Crippen molar-refractivity contribution in [2.75, 3.05) is 5.32 Å². The van der Waals surface area contributed by atoms with E-state index in [1.54, 1.807) is 97.1 Å². The Bertz CT molecular complexity index is 3710. The Balaban J connectivity index is 1.06. The average Bonchev–Trinajstić information content (AvgIpc) is 4.24. The topological polar surface area (TPSA) is 241 Å². The van der Waals surface area contributed by atoms with E-state index in [2.05, 4.69) is 10.3 Å². The van der Waals surface area contributed by atoms with Gasteiger partial charge in [-0.1, -0.05) is 132 Å². The van der Waals surface area contributed by atoms with E-state index in [0.717, 1.165) is 23.1 Å². The number of ketones is 2. The van der Waals surface area contributed by atoms with Gasteiger partial charge in [0, 0.05) is 22.3 Å². The summed E-state index contributed by atoms with van der Waals surface area (Å²) < 4.78 is 19.3. The van der Waals surface area contributed by atoms with Gasteiger partial charge in [-0.3, -0.25) is 9.59 Å². The van der Waals surface area contributed by atoms with Gasteiger partial charge >= 0.3 is 17.5 Å². The highest BCUT2D eigenvalue weighted by Gasteiger charge is 2.61. The Kier molecular flexibility index (Phi) is 10.8. The molecule has 2 aliphatic carbocycles. The monoisotopic (exact) mass is 988 g/mol. The molecule has 0 bridgehead atoms. The smallest absolute Gasteiger partial charge is 0.367 e. The lowest BCUT2D eigenvalue weighted by Crippen LogP contribution is -2.52. The molecular formula is C51H24N8O7S4. The quantitative estimate of drug-likeness (QED) is 0.0847. The van der Waals surface area contributed by atoms with Crippen LogP contribution in [-0.4, -0.2) is 45.4 Å². The fraction of sp³-hybridized carbons (Fsp3) is 0.0784. The number of thioether (sulfide) groups is 1. The molecule has 0 saturated carbocycles. The first-order valence-corrected chi connectivity index (χ1v) is 24.2. The summed E-state index contributed by atoms with van der Waals surface area (Å²) >= 11 is 4.49. The number of ether oxygens (including phenoxy) is 3. The van der Waals surface area contributed by atoms with E-state index in [1.807, 2.05) is 36.4 Å². The molecule has 0 radical (unpaired) electrons. The molecule has 11 rings (SSSR count). The van der Waals surface area contributed by atoms with Crippen LogP contribution in [0.5, 0.6) is 5.75 Å². The molecule has 19 heteroatoms. The van der Waals surface area contributed by atoms with E-state index in [1.165, 1.54) is 22.7 Å². The molecule has 0 fully saturated rings. The summed E-state index contributed by atoms with van der Waals surface area (Å²) in [6, 6.07) is 38.5. The van der Waals surface area contributed by atoms with Crippen LogP contribution in [0.15, 0.2) is 135 Å². The van der Waals surface area contributed by atoms with Gasteiger partial charge in [0.25, 0.3) is 0 Å². The number of thiophene rings is 2. The van der Waals surface area contributed by atoms with Crippen LogP contribution in [0.25, 0.3) is 30.4 Å². The van der Waals surface area contributed by atoms with E-state index in [4.69, 9.17) is 24.2 Å². The highest BCUT2D eigenvalue weighted by atomic mass is 32.2. The second-order valence-electron chi connectivity index (χ2n) is 15.5. The lowest BCUT2D eigenvalue weighted by molar-refractivity contribution is -0.183. The molecule has 3 aromatic heterocycles. The van der Waals surface area contributed by atoms with Crippen molar-refractivity contribution in [3.8, 4) is 39.8 Å². The third kappa shape index (κ3) is 6.92. The molecule has 7 aromatic rings. The molecule has 334 valence electrons. The number of fused-ring (bicyclic) bond motifs is 9. The van der Waals surface area contributed by atoms with E-state index >= 15 is 9.59 Å². The van der Waals surface area contributed by atoms with Crippen molar-refractivity contribution in [1.82, 2.24) is 4.98 Å². The Morgan fingerprint density at radius 2 is 1.19 bits per heavy atom. The Morgan fingerprint density at radius 3 is 1.74 bits per heavy atom. The van der Waals surface area contributed by atoms with Crippen LogP contribution in [0.2, 0.25) is 0 Å². The van der Waals surface area contributed by atoms with Crippen molar-refractivity contribution < 1.29 is 33.4 Å². The van der Waals surface area contributed by atoms with Gasteiger partial charge in [-0.15, -0.1) is 22.7 Å². The summed E-state index contributed by atoms with van der Waals surface area (Å²) in [5, 5.41) is 43.5. The molecule has 1 unspecified atom stereocenters. The Labute approximate surface area is 412 Å². The number of hydrogen-bond donors (Lipinski definition) is 1. The largest absolute Gasteiger partial charge is 0.457 e. The van der Waals surface area contributed by atoms with Gasteiger partial charge in [-0.05, 0) is 22.3 Å². The second kappa shape index (κ2) is 17.4. The second-order valence-corrected chi connectivity index (χ2v) is 19.6. The SMILES string of the molecule is N#CC(C#N)=C1/C(=N/c2nc3sc4c(c3s2)OC(C(=O)OCc2ccccc2)(C(=O)OCc2ccccc2)c2c-4sc3c2SC(/N=C2\C(=O)c4ccccc4C2=C(C#N)C#N)N3)C(=O)c2ccccc21. The molecule has 0 amide bonds. The molecule has 5 heterocycles. The number of carbonyl (C=O) groups is 4. The highest BCUT2D eigenvalue weighted by molar-refractivity contribution is 8.00. The summed E-state index contributed by atoms with van der Waals surface area (Å²) in [5.74, 6) is -3.06. The Morgan fingerprint density at radius 1 is 0.671 bits per heavy atom. The van der Waals surface area contributed by atoms with Crippen LogP contribution >= 0.6 is 45.8 Å². The van der Waals surface area contributed by atoms with Crippen LogP contribution in [0.1, 0.15) is 48.5 Å². The minimum atomic E-state index is -2.62. The number of allylic oxidation sites excluding steroid dienone is 4. The number of rotatable bonds is 8. The zero-order valence-corrected chi connectivity index (χ0v) is 38.8. The predicted octanol–water partition coefficient (Wildman–Crippen LogP) is 9.87. The third-order valence-electron chi connectivity index (χ3n) is 11.5. The first kappa shape index (κ1) is 43.7. The van der Waals surface area contributed by atoms with Crippen molar-refractivity contribution in [3.05, 3.63) is 159 Å². The van der Waals surface area contributed by atoms with Gasteiger partial charge in [0.05, 0.1) is 20.2 Å². The number of thiazole rings is 1. The molecule has 0 saturated heterocycles. The summed E-state index contributed by atoms with van der Waals surface area (Å²) in [6.07, 6.45) is 0. The maximum atomic E-state index is 15.2. The highest BCUT2D eigenvalue weighted by Crippen LogP contribution is 2.63. The van der Waals surface area contributed by atoms with Crippen LogP contribution in [-0.2, 0) is 37.9 Å². The van der Waals surface area contributed by atoms with E-state index < -0.39 is 34.6 Å². The van der Waals surface area contributed by atoms with E-state index in [-0.39, 0.29) is 74.5 Å². The number of aromatic nitrogens is 1. The molecule has 70 heavy (non-hydrogen) atoms. The molecular weight excluding hydrogens is 965 g/mol. The number of aliphatic imine (C=N–C) groups is 2. The fourth-order valence-corrected chi connectivity index (χ4v) is 13.4. The number of carbonyl (C=O) groups excluding carboxylic acids is 4. The number of esters is 2. The maximum Gasteiger partial charge on any atom is 0.367 e. The third-order valence-corrected chi connectivity index (χ3v) is 16.2. The summed E-state index contributed by atoms with van der Waals surface area (Å²) in [5.41, 5.74) is -1.52. The lowest BCUT2D eigenvalue weighted by atomic mass is 9.90. The molecule has 4 aromatic carbocycles. The first-order chi connectivity index (χ1) is 34.2. The zero-order valence-electron chi connectivity index (χ0n) is 35.5. The van der Waals surface area contributed by atoms with Crippen LogP contribution in [0, 0.1) is 45.3 Å². The van der Waals surface area contributed by atoms with Crippen molar-refractivity contribution >= 4 is 112 Å². The molecule has 0 spiro atoms. The molecule has 2 aliphatic heterocycles. The van der Waals surface area contributed by atoms with Gasteiger partial charge in [0.1, 0.15) is 74.6 Å². The molecule has 15 nitrogen and oxygen atoms in total. The number of nitrogens with zero attached hydrogens (tertiary/aromatic N) is 7. The van der Waals surface area contributed by atoms with Crippen molar-refractivity contribution in [2.45, 2.75) is 29.2 Å². The molecule has 4 aliphatic rings. The summed E-state index contributed by atoms with van der Waals surface area (Å²) in [6.45, 7) is -0.489. The van der Waals surface area contributed by atoms with E-state index in [9.17, 15) is 30.6 Å². The number of Topliss-reactive ketones (excluding diaryl/α,β-unsaturated/α-hetero) is 2. The van der Waals surface area contributed by atoms with E-state index in [0.29, 0.717) is 51.4 Å². The first-order valence-electron chi connectivity index (χ1n) is 20.9. The van der Waals surface area contributed by atoms with Gasteiger partial charge in [-0.2, -0.15) is 21.0 Å². The van der Waals surface area contributed by atoms with Gasteiger partial charge in [-0.25, -0.2) is 24.6 Å². The Hall–Kier alpha value is -8.82. The predicted molar refractivity (Wildman–Crippen MR) is 261 cm³/mol. The summed E-state index contributed by atoms with van der Waals surface area (Å²) in [7, 11) is 0. The van der Waals surface area contributed by atoms with Gasteiger partial charge < -0.3 is 19.5 Å². The maximum absolute atomic E-state index is 15.2. The summed E-state index contributed by atoms with van der Waals surface area (Å²) in [4.78, 5) is 73.9. The molecule has 1 N–H and O–H groups in total. The number of benzene rings is 4. The minimum absolute atomic E-state index is 0.0760. The van der Waals surface area contributed by atoms with Gasteiger partial charge in [0.2, 0.25) is 16.7 Å². The van der Waals surface area contributed by atoms with Crippen LogP contribution < -0.4 is 10.1 Å². The van der Waals surface area contributed by atoms with Crippen molar-refractivity contribution in [1.29, 1.82) is 21.0 Å².